The van der Waals surface area contributed by atoms with E-state index in [2.05, 4.69) is 65.8 Å². The van der Waals surface area contributed by atoms with Gasteiger partial charge in [0.25, 0.3) is 0 Å². The molecule has 0 fully saturated rings. The molecule has 0 aliphatic carbocycles. The van der Waals surface area contributed by atoms with Crippen LogP contribution in [0.5, 0.6) is 0 Å². The second-order valence-electron chi connectivity index (χ2n) is 31.7. The third kappa shape index (κ3) is 80.0. The predicted octanol–water partition coefficient (Wildman–Crippen LogP) is 26.6. The van der Waals surface area contributed by atoms with Crippen molar-refractivity contribution >= 4 is 39.5 Å². The van der Waals surface area contributed by atoms with Crippen LogP contribution in [0.4, 0.5) is 0 Å². The SMILES string of the molecule is CCCCCC/C=C\C=C/CCCCCCCC(=O)O[C@H](COC(=O)CCCCCCCCCCCCCCC)COP(=O)(O)OC[C@H](O)COP(=O)(O)OC[C@@H](COC(=O)CCCCCCCCCCCCCCCCC(C)C)OC(=O)CCCCCCCCCCCCCCCCCCCCC(C)CC. The van der Waals surface area contributed by atoms with Gasteiger partial charge in [-0.1, -0.05) is 393 Å². The molecule has 3 N–H and O–H groups in total. The quantitative estimate of drug-likeness (QED) is 0.0169. The van der Waals surface area contributed by atoms with E-state index in [4.69, 9.17) is 37.0 Å². The molecule has 17 nitrogen and oxygen atoms in total. The molecule has 0 radical (unpaired) electrons. The molecule has 0 saturated carbocycles. The molecule has 0 aromatic carbocycles. The number of phosphoric acid groups is 2. The van der Waals surface area contributed by atoms with Gasteiger partial charge in [-0.05, 0) is 63.2 Å². The van der Waals surface area contributed by atoms with Crippen molar-refractivity contribution < 1.29 is 80.2 Å². The minimum Gasteiger partial charge on any atom is -0.462 e. The molecule has 107 heavy (non-hydrogen) atoms. The van der Waals surface area contributed by atoms with Crippen molar-refractivity contribution in [3.8, 4) is 0 Å². The van der Waals surface area contributed by atoms with Gasteiger partial charge < -0.3 is 33.8 Å². The highest BCUT2D eigenvalue weighted by Crippen LogP contribution is 2.45. The van der Waals surface area contributed by atoms with Crippen LogP contribution in [0.1, 0.15) is 446 Å². The van der Waals surface area contributed by atoms with Crippen LogP contribution in [-0.4, -0.2) is 96.7 Å². The van der Waals surface area contributed by atoms with E-state index in [0.717, 1.165) is 115 Å². The summed E-state index contributed by atoms with van der Waals surface area (Å²) in [6.07, 6.45) is 74.3. The van der Waals surface area contributed by atoms with Gasteiger partial charge >= 0.3 is 39.5 Å². The Bertz CT molecular complexity index is 2140. The molecule has 0 rings (SSSR count). The number of unbranched alkanes of at least 4 members (excludes halogenated alkanes) is 51. The fourth-order valence-corrected chi connectivity index (χ4v) is 14.8. The zero-order chi connectivity index (χ0) is 78.5. The van der Waals surface area contributed by atoms with E-state index in [9.17, 15) is 43.2 Å². The number of phosphoric ester groups is 2. The standard InChI is InChI=1S/C88H168O17P2/c1-7-10-12-14-16-18-20-22-27-36-42-48-54-60-66-72-87(92)104-83(76-98-85(90)70-64-58-52-46-40-32-21-19-17-15-13-11-8-2)78-102-106(94,95)100-74-82(89)75-101-107(96,97)103-79-84(77-99-86(91)71-65-59-53-47-41-35-31-30-33-38-44-50-56-62-68-80(4)5)105-88(93)73-67-61-55-49-43-37-29-26-24-23-25-28-34-39-45-51-57-63-69-81(6)9-3/h18,20,22,27,80-84,89H,7-17,19,21,23-26,28-79H2,1-6H3,(H,94,95)(H,96,97)/b20-18-,27-22-/t81?,82-,83+,84+/m0/s1. The van der Waals surface area contributed by atoms with Crippen molar-refractivity contribution in [2.24, 2.45) is 11.8 Å². The molecule has 632 valence electrons. The van der Waals surface area contributed by atoms with Gasteiger partial charge in [-0.25, -0.2) is 9.13 Å². The summed E-state index contributed by atoms with van der Waals surface area (Å²) in [5, 5.41) is 10.7. The molecule has 0 aliphatic rings. The highest BCUT2D eigenvalue weighted by molar-refractivity contribution is 7.47. The number of ether oxygens (including phenoxy) is 4. The van der Waals surface area contributed by atoms with E-state index in [1.165, 1.54) is 250 Å². The molecule has 0 aliphatic heterocycles. The van der Waals surface area contributed by atoms with E-state index < -0.39 is 97.5 Å². The Morgan fingerprint density at radius 1 is 0.308 bits per heavy atom. The van der Waals surface area contributed by atoms with Crippen molar-refractivity contribution in [3.05, 3.63) is 24.3 Å². The second-order valence-corrected chi connectivity index (χ2v) is 34.6. The zero-order valence-corrected chi connectivity index (χ0v) is 71.7. The first kappa shape index (κ1) is 105. The fraction of sp³-hybridized carbons (Fsp3) is 0.909. The lowest BCUT2D eigenvalue weighted by molar-refractivity contribution is -0.161. The number of hydrogen-bond acceptors (Lipinski definition) is 15. The summed E-state index contributed by atoms with van der Waals surface area (Å²) in [4.78, 5) is 73.3. The minimum absolute atomic E-state index is 0.0857. The van der Waals surface area contributed by atoms with Crippen molar-refractivity contribution in [2.75, 3.05) is 39.6 Å². The van der Waals surface area contributed by atoms with Crippen LogP contribution in [0.2, 0.25) is 0 Å². The molecule has 3 unspecified atom stereocenters. The topological polar surface area (TPSA) is 237 Å². The maximum Gasteiger partial charge on any atom is 0.472 e. The molecule has 19 heteroatoms. The highest BCUT2D eigenvalue weighted by Gasteiger charge is 2.30. The number of aliphatic hydroxyl groups excluding tert-OH is 1. The van der Waals surface area contributed by atoms with E-state index in [-0.39, 0.29) is 25.7 Å². The van der Waals surface area contributed by atoms with E-state index in [1.807, 2.05) is 0 Å². The Hall–Kier alpha value is -2.46. The Kier molecular flexibility index (Phi) is 77.0. The van der Waals surface area contributed by atoms with Crippen molar-refractivity contribution in [1.82, 2.24) is 0 Å². The number of rotatable bonds is 85. The highest BCUT2D eigenvalue weighted by atomic mass is 31.2. The number of hydrogen-bond donors (Lipinski definition) is 3. The van der Waals surface area contributed by atoms with Gasteiger partial charge in [0.15, 0.2) is 12.2 Å². The predicted molar refractivity (Wildman–Crippen MR) is 441 cm³/mol. The van der Waals surface area contributed by atoms with Gasteiger partial charge in [-0.3, -0.25) is 37.3 Å². The molecule has 0 amide bonds. The van der Waals surface area contributed by atoms with Gasteiger partial charge in [0.2, 0.25) is 0 Å². The molecule has 0 bridgehead atoms. The fourth-order valence-electron chi connectivity index (χ4n) is 13.2. The summed E-state index contributed by atoms with van der Waals surface area (Å²) in [6.45, 7) is 9.71. The molecule has 0 aromatic rings. The summed E-state index contributed by atoms with van der Waals surface area (Å²) in [5.74, 6) is -0.461. The van der Waals surface area contributed by atoms with Crippen molar-refractivity contribution in [1.29, 1.82) is 0 Å². The summed E-state index contributed by atoms with van der Waals surface area (Å²) in [5.41, 5.74) is 0. The number of esters is 4. The summed E-state index contributed by atoms with van der Waals surface area (Å²) >= 11 is 0. The summed E-state index contributed by atoms with van der Waals surface area (Å²) in [6, 6.07) is 0. The van der Waals surface area contributed by atoms with Gasteiger partial charge in [0, 0.05) is 25.7 Å². The number of carbonyl (C=O) groups excluding carboxylic acids is 4. The second kappa shape index (κ2) is 78.8. The molecular weight excluding hydrogens is 1390 g/mol. The molecule has 0 saturated heterocycles. The first-order valence-corrected chi connectivity index (χ1v) is 47.8. The molecular formula is C88H168O17P2. The third-order valence-electron chi connectivity index (χ3n) is 20.4. The lowest BCUT2D eigenvalue weighted by Crippen LogP contribution is -2.30. The molecule has 0 heterocycles. The maximum absolute atomic E-state index is 13.2. The minimum atomic E-state index is -4.97. The van der Waals surface area contributed by atoms with Crippen LogP contribution in [0.25, 0.3) is 0 Å². The number of carbonyl (C=O) groups is 4. The van der Waals surface area contributed by atoms with Crippen LogP contribution in [-0.2, 0) is 65.4 Å². The largest absolute Gasteiger partial charge is 0.472 e. The van der Waals surface area contributed by atoms with E-state index in [0.29, 0.717) is 25.7 Å². The van der Waals surface area contributed by atoms with E-state index in [1.54, 1.807) is 0 Å². The van der Waals surface area contributed by atoms with Crippen LogP contribution in [0.3, 0.4) is 0 Å². The van der Waals surface area contributed by atoms with Gasteiger partial charge in [0.1, 0.15) is 19.3 Å². The number of allylic oxidation sites excluding steroid dienone is 4. The Labute approximate surface area is 656 Å². The summed E-state index contributed by atoms with van der Waals surface area (Å²) in [7, 11) is -9.94. The van der Waals surface area contributed by atoms with Crippen molar-refractivity contribution in [3.63, 3.8) is 0 Å². The van der Waals surface area contributed by atoms with Gasteiger partial charge in [-0.15, -0.1) is 0 Å². The smallest absolute Gasteiger partial charge is 0.462 e. The lowest BCUT2D eigenvalue weighted by atomic mass is 9.99. The third-order valence-corrected chi connectivity index (χ3v) is 22.3. The average Bonchev–Trinajstić information content (AvgIpc) is 0.899. The first-order chi connectivity index (χ1) is 51.9. The normalized spacial score (nSPS) is 14.2. The van der Waals surface area contributed by atoms with Crippen molar-refractivity contribution in [2.45, 2.75) is 464 Å². The Balaban J connectivity index is 5.28. The Morgan fingerprint density at radius 2 is 0.551 bits per heavy atom. The molecule has 0 spiro atoms. The Morgan fingerprint density at radius 3 is 0.841 bits per heavy atom. The van der Waals surface area contributed by atoms with Crippen LogP contribution in [0.15, 0.2) is 24.3 Å². The molecule has 6 atom stereocenters. The lowest BCUT2D eigenvalue weighted by Gasteiger charge is -2.21. The van der Waals surface area contributed by atoms with E-state index >= 15 is 0 Å². The van der Waals surface area contributed by atoms with Crippen LogP contribution in [0, 0.1) is 11.8 Å². The van der Waals surface area contributed by atoms with Crippen LogP contribution < -0.4 is 0 Å². The van der Waals surface area contributed by atoms with Gasteiger partial charge in [0.05, 0.1) is 26.4 Å². The summed E-state index contributed by atoms with van der Waals surface area (Å²) < 4.78 is 68.9. The number of aliphatic hydroxyl groups is 1. The maximum atomic E-state index is 13.2. The first-order valence-electron chi connectivity index (χ1n) is 44.8. The monoisotopic (exact) mass is 1560 g/mol. The average molecular weight is 1560 g/mol. The van der Waals surface area contributed by atoms with Gasteiger partial charge in [-0.2, -0.15) is 0 Å². The van der Waals surface area contributed by atoms with Crippen LogP contribution >= 0.6 is 15.6 Å². The molecule has 0 aromatic heterocycles. The zero-order valence-electron chi connectivity index (χ0n) is 69.9.